The zero-order valence-electron chi connectivity index (χ0n) is 27.4. The molecule has 11 heteroatoms. The summed E-state index contributed by atoms with van der Waals surface area (Å²) in [5, 5.41) is 0. The van der Waals surface area contributed by atoms with Gasteiger partial charge in [0.15, 0.2) is 18.3 Å². The van der Waals surface area contributed by atoms with Gasteiger partial charge in [0.25, 0.3) is 0 Å². The summed E-state index contributed by atoms with van der Waals surface area (Å²) in [5.41, 5.74) is 2.78. The second-order valence-corrected chi connectivity index (χ2v) is 12.2. The third kappa shape index (κ3) is 9.37. The Bertz CT molecular complexity index is 1730. The van der Waals surface area contributed by atoms with Gasteiger partial charge in [-0.1, -0.05) is 72.8 Å². The van der Waals surface area contributed by atoms with Gasteiger partial charge in [0.05, 0.1) is 33.4 Å². The van der Waals surface area contributed by atoms with E-state index in [1.54, 1.807) is 61.7 Å². The highest BCUT2D eigenvalue weighted by atomic mass is 32.2. The lowest BCUT2D eigenvalue weighted by atomic mass is 9.90. The van der Waals surface area contributed by atoms with Crippen molar-refractivity contribution in [3.8, 4) is 23.0 Å². The maximum Gasteiger partial charge on any atom is 0.339 e. The fourth-order valence-electron chi connectivity index (χ4n) is 4.86. The summed E-state index contributed by atoms with van der Waals surface area (Å²) in [7, 11) is 0.118. The van der Waals surface area contributed by atoms with Gasteiger partial charge in [-0.2, -0.15) is 8.42 Å². The van der Waals surface area contributed by atoms with E-state index in [9.17, 15) is 13.2 Å². The van der Waals surface area contributed by atoms with Crippen molar-refractivity contribution in [2.24, 2.45) is 0 Å². The van der Waals surface area contributed by atoms with Gasteiger partial charge in [-0.05, 0) is 60.9 Å². The fourth-order valence-corrected chi connectivity index (χ4v) is 5.81. The first-order valence-corrected chi connectivity index (χ1v) is 16.5. The number of benzene rings is 4. The maximum absolute atomic E-state index is 14.1. The van der Waals surface area contributed by atoms with Gasteiger partial charge >= 0.3 is 16.1 Å². The zero-order chi connectivity index (χ0) is 34.5. The lowest BCUT2D eigenvalue weighted by Crippen LogP contribution is -2.21. The van der Waals surface area contributed by atoms with Crippen LogP contribution in [0.5, 0.6) is 23.0 Å². The van der Waals surface area contributed by atoms with Gasteiger partial charge in [-0.15, -0.1) is 0 Å². The minimum Gasteiger partial charge on any atom is -0.493 e. The number of hydrogen-bond acceptors (Lipinski definition) is 10. The highest BCUT2D eigenvalue weighted by Crippen LogP contribution is 2.42. The molecule has 0 aliphatic carbocycles. The van der Waals surface area contributed by atoms with Crippen LogP contribution in [0, 0.1) is 6.92 Å². The van der Waals surface area contributed by atoms with Gasteiger partial charge in [0.1, 0.15) is 16.7 Å². The summed E-state index contributed by atoms with van der Waals surface area (Å²) in [4.78, 5) is 14.0. The molecule has 0 N–H and O–H groups in total. The van der Waals surface area contributed by atoms with Gasteiger partial charge in [-0.3, -0.25) is 4.79 Å². The molecule has 4 rings (SSSR count). The molecule has 4 aromatic carbocycles. The zero-order valence-corrected chi connectivity index (χ0v) is 28.2. The molecule has 0 bridgehead atoms. The predicted octanol–water partition coefficient (Wildman–Crippen LogP) is 6.58. The van der Waals surface area contributed by atoms with Crippen molar-refractivity contribution >= 4 is 16.1 Å². The van der Waals surface area contributed by atoms with Gasteiger partial charge in [0.2, 0.25) is 5.75 Å². The molecular formula is C37H40O10S. The molecule has 0 amide bonds. The molecule has 0 aromatic heterocycles. The molecule has 0 aliphatic rings. The summed E-state index contributed by atoms with van der Waals surface area (Å²) in [6.07, 6.45) is 0.946. The number of carbonyl (C=O) groups excluding carboxylic acids is 1. The fraction of sp³-hybridized carbons (Fsp3) is 0.270. The summed E-state index contributed by atoms with van der Waals surface area (Å²) < 4.78 is 65.6. The Hall–Kier alpha value is -4.84. The number of ether oxygens (including phenoxy) is 6. The summed E-state index contributed by atoms with van der Waals surface area (Å²) in [6, 6.07) is 25.9. The van der Waals surface area contributed by atoms with E-state index in [1.807, 2.05) is 37.3 Å². The van der Waals surface area contributed by atoms with Crippen LogP contribution in [0.15, 0.2) is 109 Å². The minimum absolute atomic E-state index is 0.0258. The van der Waals surface area contributed by atoms with Crippen LogP contribution in [0.25, 0.3) is 0 Å². The molecule has 0 fully saturated rings. The molecule has 0 spiro atoms. The quantitative estimate of drug-likeness (QED) is 0.0377. The van der Waals surface area contributed by atoms with E-state index in [0.29, 0.717) is 30.1 Å². The predicted molar refractivity (Wildman–Crippen MR) is 180 cm³/mol. The first kappa shape index (κ1) is 36.0. The molecular weight excluding hydrogens is 636 g/mol. The highest BCUT2D eigenvalue weighted by Gasteiger charge is 2.30. The average molecular weight is 677 g/mol. The third-order valence-corrected chi connectivity index (χ3v) is 8.59. The highest BCUT2D eigenvalue weighted by molar-refractivity contribution is 7.87. The Labute approximate surface area is 281 Å². The first-order chi connectivity index (χ1) is 23.2. The monoisotopic (exact) mass is 676 g/mol. The van der Waals surface area contributed by atoms with E-state index in [2.05, 4.69) is 6.58 Å². The number of carbonyl (C=O) groups is 1. The van der Waals surface area contributed by atoms with Crippen molar-refractivity contribution in [1.29, 1.82) is 0 Å². The summed E-state index contributed by atoms with van der Waals surface area (Å²) >= 11 is 0. The van der Waals surface area contributed by atoms with Crippen molar-refractivity contribution in [2.45, 2.75) is 30.3 Å². The largest absolute Gasteiger partial charge is 0.493 e. The molecule has 0 saturated heterocycles. The van der Waals surface area contributed by atoms with E-state index in [-0.39, 0.29) is 35.4 Å². The van der Waals surface area contributed by atoms with Crippen LogP contribution in [0.4, 0.5) is 0 Å². The number of rotatable bonds is 18. The van der Waals surface area contributed by atoms with Crippen molar-refractivity contribution < 1.29 is 45.8 Å². The van der Waals surface area contributed by atoms with Gasteiger partial charge in [0, 0.05) is 12.7 Å². The third-order valence-electron chi connectivity index (χ3n) is 7.36. The lowest BCUT2D eigenvalue weighted by molar-refractivity contribution is -0.149. The van der Waals surface area contributed by atoms with Crippen molar-refractivity contribution in [2.75, 3.05) is 41.3 Å². The van der Waals surface area contributed by atoms with E-state index in [1.165, 1.54) is 26.4 Å². The topological polar surface area (TPSA) is 116 Å². The second kappa shape index (κ2) is 17.4. The summed E-state index contributed by atoms with van der Waals surface area (Å²) in [5.74, 6) is -0.942. The Kier molecular flexibility index (Phi) is 13.0. The van der Waals surface area contributed by atoms with E-state index >= 15 is 0 Å². The number of hydrogen-bond donors (Lipinski definition) is 0. The van der Waals surface area contributed by atoms with Crippen LogP contribution in [0.2, 0.25) is 0 Å². The molecule has 0 saturated carbocycles. The van der Waals surface area contributed by atoms with E-state index in [4.69, 9.17) is 32.6 Å². The minimum atomic E-state index is -4.23. The molecule has 2 atom stereocenters. The summed E-state index contributed by atoms with van der Waals surface area (Å²) in [6.45, 7) is 6.39. The number of aryl methyl sites for hydroxylation is 1. The molecule has 0 radical (unpaired) electrons. The van der Waals surface area contributed by atoms with Crippen molar-refractivity contribution in [1.82, 2.24) is 0 Å². The Morgan fingerprint density at radius 1 is 0.833 bits per heavy atom. The van der Waals surface area contributed by atoms with Crippen LogP contribution >= 0.6 is 0 Å². The van der Waals surface area contributed by atoms with Gasteiger partial charge in [-0.25, -0.2) is 0 Å². The Balaban J connectivity index is 1.71. The SMILES string of the molecule is C=C[C@H](OC(=O)C(Cc1cc(OC)c(OS(=O)(=O)c2ccc(C)cc2)c(OC)c1)c1ccccc1OCOCCOC)c1ccccc1. The van der Waals surface area contributed by atoms with E-state index < -0.39 is 28.1 Å². The Morgan fingerprint density at radius 3 is 2.10 bits per heavy atom. The van der Waals surface area contributed by atoms with Crippen LogP contribution in [-0.4, -0.2) is 55.7 Å². The standard InChI is InChI=1S/C37H40O10S/c1-6-32(28-12-8-7-9-13-28)46-37(38)31(30-14-10-11-15-33(30)45-25-44-21-20-41-3)22-27-23-34(42-4)36(35(24-27)43-5)47-48(39,40)29-18-16-26(2)17-19-29/h6-19,23-24,31-32H,1,20-22,25H2,2-5H3/t31?,32-/m0/s1. The van der Waals surface area contributed by atoms with Gasteiger partial charge < -0.3 is 32.6 Å². The van der Waals surface area contributed by atoms with Crippen molar-refractivity contribution in [3.63, 3.8) is 0 Å². The normalized spacial score (nSPS) is 12.4. The van der Waals surface area contributed by atoms with Crippen LogP contribution in [-0.2, 0) is 35.5 Å². The average Bonchev–Trinajstić information content (AvgIpc) is 3.10. The lowest BCUT2D eigenvalue weighted by Gasteiger charge is -2.23. The smallest absolute Gasteiger partial charge is 0.339 e. The van der Waals surface area contributed by atoms with E-state index in [0.717, 1.165) is 11.1 Å². The van der Waals surface area contributed by atoms with Crippen LogP contribution < -0.4 is 18.4 Å². The molecule has 4 aromatic rings. The molecule has 1 unspecified atom stereocenters. The Morgan fingerprint density at radius 2 is 1.48 bits per heavy atom. The molecule has 254 valence electrons. The van der Waals surface area contributed by atoms with Crippen LogP contribution in [0.3, 0.4) is 0 Å². The van der Waals surface area contributed by atoms with Crippen molar-refractivity contribution in [3.05, 3.63) is 126 Å². The molecule has 10 nitrogen and oxygen atoms in total. The second-order valence-electron chi connectivity index (χ2n) is 10.6. The molecule has 0 aliphatic heterocycles. The molecule has 0 heterocycles. The molecule has 48 heavy (non-hydrogen) atoms. The number of para-hydroxylation sites is 1. The number of esters is 1. The number of methoxy groups -OCH3 is 3. The van der Waals surface area contributed by atoms with Crippen LogP contribution in [0.1, 0.15) is 34.3 Å². The maximum atomic E-state index is 14.1. The first-order valence-electron chi connectivity index (χ1n) is 15.1.